The highest BCUT2D eigenvalue weighted by atomic mass is 35.5. The number of nitrogens with zero attached hydrogens (tertiary/aromatic N) is 3. The maximum atomic E-state index is 11.7. The van der Waals surface area contributed by atoms with Gasteiger partial charge < -0.3 is 15.6 Å². The van der Waals surface area contributed by atoms with Gasteiger partial charge in [0, 0.05) is 60.6 Å². The normalized spacial score (nSPS) is 24.9. The molecule has 1 aliphatic carbocycles. The molecule has 0 saturated carbocycles. The van der Waals surface area contributed by atoms with Crippen LogP contribution in [0.25, 0.3) is 21.9 Å². The van der Waals surface area contributed by atoms with Crippen molar-refractivity contribution >= 4 is 39.4 Å². The number of benzene rings is 1. The third-order valence-corrected chi connectivity index (χ3v) is 6.77. The molecule has 0 bridgehead atoms. The van der Waals surface area contributed by atoms with Crippen molar-refractivity contribution in [1.82, 2.24) is 19.8 Å². The molecule has 0 atom stereocenters. The van der Waals surface area contributed by atoms with Crippen molar-refractivity contribution in [2.45, 2.75) is 5.41 Å². The van der Waals surface area contributed by atoms with Crippen molar-refractivity contribution in [1.29, 1.82) is 0 Å². The number of nitrogens with two attached hydrogens (primary N) is 1. The van der Waals surface area contributed by atoms with E-state index in [0.29, 0.717) is 5.02 Å². The molecule has 0 unspecified atom stereocenters. The van der Waals surface area contributed by atoms with E-state index in [1.165, 1.54) is 5.56 Å². The summed E-state index contributed by atoms with van der Waals surface area (Å²) in [7, 11) is 2.16. The maximum Gasteiger partial charge on any atom is 0.228 e. The van der Waals surface area contributed by atoms with Crippen LogP contribution in [0, 0.1) is 5.92 Å². The van der Waals surface area contributed by atoms with Gasteiger partial charge in [-0.2, -0.15) is 0 Å². The van der Waals surface area contributed by atoms with Crippen LogP contribution >= 0.6 is 11.6 Å². The molecule has 0 radical (unpaired) electrons. The number of primary amides is 1. The Balaban J connectivity index is 1.59. The smallest absolute Gasteiger partial charge is 0.228 e. The zero-order valence-corrected chi connectivity index (χ0v) is 18.3. The van der Waals surface area contributed by atoms with Crippen LogP contribution in [-0.2, 0) is 10.2 Å². The minimum Gasteiger partial charge on any atom is -0.369 e. The highest BCUT2D eigenvalue weighted by Gasteiger charge is 2.33. The third kappa shape index (κ3) is 3.76. The SMILES string of the molecule is CN1CCN(CC2(c3ccc4[nH]c5ncc(Cl)cc5c4c3)C=CC(C(N)=O)C=C2)CC1. The summed E-state index contributed by atoms with van der Waals surface area (Å²) in [6.45, 7) is 5.01. The van der Waals surface area contributed by atoms with Crippen LogP contribution in [0.4, 0.5) is 0 Å². The van der Waals surface area contributed by atoms with Crippen LogP contribution in [0.15, 0.2) is 54.8 Å². The Hall–Kier alpha value is -2.67. The lowest BCUT2D eigenvalue weighted by Crippen LogP contribution is -2.49. The molecule has 0 spiro atoms. The molecule has 2 aromatic heterocycles. The first-order valence-corrected chi connectivity index (χ1v) is 11.0. The van der Waals surface area contributed by atoms with Crippen molar-refractivity contribution in [3.63, 3.8) is 0 Å². The van der Waals surface area contributed by atoms with E-state index in [2.05, 4.69) is 57.2 Å². The van der Waals surface area contributed by atoms with Crippen LogP contribution < -0.4 is 5.73 Å². The summed E-state index contributed by atoms with van der Waals surface area (Å²) < 4.78 is 0. The topological polar surface area (TPSA) is 78.2 Å². The number of hydrogen-bond donors (Lipinski definition) is 2. The fourth-order valence-electron chi connectivity index (χ4n) is 4.66. The average Bonchev–Trinajstić information content (AvgIpc) is 3.13. The number of rotatable bonds is 4. The second-order valence-electron chi connectivity index (χ2n) is 8.70. The zero-order chi connectivity index (χ0) is 21.6. The van der Waals surface area contributed by atoms with E-state index < -0.39 is 0 Å². The summed E-state index contributed by atoms with van der Waals surface area (Å²) in [5.41, 5.74) is 8.26. The number of nitrogens with one attached hydrogen (secondary N) is 1. The third-order valence-electron chi connectivity index (χ3n) is 6.57. The molecule has 2 aliphatic rings. The van der Waals surface area contributed by atoms with Crippen LogP contribution in [0.5, 0.6) is 0 Å². The molecule has 31 heavy (non-hydrogen) atoms. The Kier molecular flexibility index (Phi) is 5.08. The highest BCUT2D eigenvalue weighted by Crippen LogP contribution is 2.37. The van der Waals surface area contributed by atoms with Crippen LogP contribution in [0.3, 0.4) is 0 Å². The van der Waals surface area contributed by atoms with Gasteiger partial charge in [0.15, 0.2) is 0 Å². The van der Waals surface area contributed by atoms with E-state index in [4.69, 9.17) is 17.3 Å². The fourth-order valence-corrected chi connectivity index (χ4v) is 4.82. The number of carbonyl (C=O) groups excluding carboxylic acids is 1. The van der Waals surface area contributed by atoms with E-state index in [0.717, 1.165) is 54.7 Å². The number of amides is 1. The van der Waals surface area contributed by atoms with Crippen molar-refractivity contribution in [2.24, 2.45) is 11.7 Å². The average molecular weight is 436 g/mol. The first-order chi connectivity index (χ1) is 14.9. The number of pyridine rings is 1. The molecule has 1 amide bonds. The molecule has 5 rings (SSSR count). The van der Waals surface area contributed by atoms with Gasteiger partial charge in [-0.25, -0.2) is 4.98 Å². The van der Waals surface area contributed by atoms with Gasteiger partial charge in [0.25, 0.3) is 0 Å². The van der Waals surface area contributed by atoms with E-state index in [9.17, 15) is 4.79 Å². The minimum atomic E-state index is -0.361. The number of aromatic nitrogens is 2. The van der Waals surface area contributed by atoms with Gasteiger partial charge in [0.05, 0.1) is 10.9 Å². The molecular formula is C24H26ClN5O. The summed E-state index contributed by atoms with van der Waals surface area (Å²) in [5.74, 6) is -0.686. The molecule has 160 valence electrons. The van der Waals surface area contributed by atoms with Crippen LogP contribution in [-0.4, -0.2) is 65.4 Å². The standard InChI is InChI=1S/C24H26ClN5O/c1-29-8-10-30(11-9-29)15-24(6-4-16(5-7-24)22(26)31)17-2-3-21-19(12-17)20-13-18(25)14-27-23(20)28-21/h2-7,12-14,16H,8-11,15H2,1H3,(H2,26,31)(H,27,28). The Morgan fingerprint density at radius 3 is 2.65 bits per heavy atom. The zero-order valence-electron chi connectivity index (χ0n) is 17.5. The molecule has 3 N–H and O–H groups in total. The van der Waals surface area contributed by atoms with Crippen molar-refractivity contribution in [2.75, 3.05) is 39.8 Å². The van der Waals surface area contributed by atoms with Gasteiger partial charge in [-0.1, -0.05) is 42.0 Å². The first kappa shape index (κ1) is 20.2. The first-order valence-electron chi connectivity index (χ1n) is 10.6. The molecule has 3 aromatic rings. The molecule has 6 nitrogen and oxygen atoms in total. The van der Waals surface area contributed by atoms with Gasteiger partial charge in [-0.15, -0.1) is 0 Å². The largest absolute Gasteiger partial charge is 0.369 e. The lowest BCUT2D eigenvalue weighted by molar-refractivity contribution is -0.119. The summed E-state index contributed by atoms with van der Waals surface area (Å²) in [6, 6.07) is 8.44. The van der Waals surface area contributed by atoms with E-state index in [1.807, 2.05) is 18.2 Å². The predicted molar refractivity (Wildman–Crippen MR) is 125 cm³/mol. The van der Waals surface area contributed by atoms with Gasteiger partial charge >= 0.3 is 0 Å². The van der Waals surface area contributed by atoms with Crippen LogP contribution in [0.1, 0.15) is 5.56 Å². The lowest BCUT2D eigenvalue weighted by Gasteiger charge is -2.40. The Labute approximate surface area is 186 Å². The maximum absolute atomic E-state index is 11.7. The fraction of sp³-hybridized carbons (Fsp3) is 0.333. The summed E-state index contributed by atoms with van der Waals surface area (Å²) in [5, 5.41) is 2.73. The molecule has 1 aliphatic heterocycles. The van der Waals surface area contributed by atoms with Gasteiger partial charge in [0.2, 0.25) is 5.91 Å². The molecule has 1 saturated heterocycles. The number of piperazine rings is 1. The number of aromatic amines is 1. The monoisotopic (exact) mass is 435 g/mol. The quantitative estimate of drug-likeness (QED) is 0.617. The summed E-state index contributed by atoms with van der Waals surface area (Å²) >= 11 is 6.22. The second-order valence-corrected chi connectivity index (χ2v) is 9.14. The molecular weight excluding hydrogens is 410 g/mol. The number of fused-ring (bicyclic) bond motifs is 3. The van der Waals surface area contributed by atoms with Crippen molar-refractivity contribution in [3.05, 3.63) is 65.4 Å². The molecule has 1 fully saturated rings. The Morgan fingerprint density at radius 2 is 1.94 bits per heavy atom. The van der Waals surface area contributed by atoms with Crippen molar-refractivity contribution in [3.8, 4) is 0 Å². The summed E-state index contributed by atoms with van der Waals surface area (Å²) in [4.78, 5) is 24.4. The highest BCUT2D eigenvalue weighted by molar-refractivity contribution is 6.31. The number of H-pyrrole nitrogens is 1. The number of halogens is 1. The number of hydrogen-bond acceptors (Lipinski definition) is 4. The van der Waals surface area contributed by atoms with Crippen molar-refractivity contribution < 1.29 is 4.79 Å². The van der Waals surface area contributed by atoms with E-state index in [-0.39, 0.29) is 17.2 Å². The minimum absolute atomic E-state index is 0.325. The molecule has 7 heteroatoms. The van der Waals surface area contributed by atoms with Gasteiger partial charge in [-0.05, 0) is 30.8 Å². The lowest BCUT2D eigenvalue weighted by atomic mass is 9.75. The number of likely N-dealkylation sites (N-methyl/N-ethyl adjacent to an activating group) is 1. The number of carbonyl (C=O) groups is 1. The van der Waals surface area contributed by atoms with Gasteiger partial charge in [0.1, 0.15) is 5.65 Å². The Morgan fingerprint density at radius 1 is 1.19 bits per heavy atom. The molecule has 3 heterocycles. The van der Waals surface area contributed by atoms with E-state index >= 15 is 0 Å². The van der Waals surface area contributed by atoms with Crippen LogP contribution in [0.2, 0.25) is 5.02 Å². The molecule has 1 aromatic carbocycles. The Bertz CT molecular complexity index is 1190. The van der Waals surface area contributed by atoms with Gasteiger partial charge in [-0.3, -0.25) is 9.69 Å². The second kappa shape index (κ2) is 7.79. The van der Waals surface area contributed by atoms with E-state index in [1.54, 1.807) is 6.20 Å². The predicted octanol–water partition coefficient (Wildman–Crippen LogP) is 3.08. The summed E-state index contributed by atoms with van der Waals surface area (Å²) in [6.07, 6.45) is 9.85.